The van der Waals surface area contributed by atoms with E-state index in [2.05, 4.69) is 11.7 Å². The molecule has 0 unspecified atom stereocenters. The van der Waals surface area contributed by atoms with Crippen LogP contribution < -0.4 is 0 Å². The Morgan fingerprint density at radius 2 is 2.00 bits per heavy atom. The van der Waals surface area contributed by atoms with Gasteiger partial charge in [-0.15, -0.1) is 0 Å². The van der Waals surface area contributed by atoms with Crippen molar-refractivity contribution in [3.05, 3.63) is 13.0 Å². The van der Waals surface area contributed by atoms with Crippen molar-refractivity contribution in [1.29, 1.82) is 0 Å². The maximum atomic E-state index is 9.90. The summed E-state index contributed by atoms with van der Waals surface area (Å²) in [6.07, 6.45) is 0.625. The summed E-state index contributed by atoms with van der Waals surface area (Å²) < 4.78 is 4.42. The van der Waals surface area contributed by atoms with Crippen LogP contribution in [0.2, 0.25) is 0 Å². The molecule has 0 aliphatic rings. The molecular formula is C5H8O2Y-2. The van der Waals surface area contributed by atoms with Crippen molar-refractivity contribution in [2.75, 3.05) is 0 Å². The first-order valence-electron chi connectivity index (χ1n) is 1.97. The van der Waals surface area contributed by atoms with Crippen LogP contribution in [0.3, 0.4) is 0 Å². The molecule has 0 saturated heterocycles. The Morgan fingerprint density at radius 3 is 2.00 bits per heavy atom. The summed E-state index contributed by atoms with van der Waals surface area (Å²) in [5.74, 6) is -0.500. The molecular weight excluding hydrogens is 181 g/mol. The molecule has 0 spiro atoms. The summed E-state index contributed by atoms with van der Waals surface area (Å²) in [5.41, 5.74) is 0. The Hall–Kier alpha value is 0.444. The zero-order valence-electron chi connectivity index (χ0n) is 5.10. The monoisotopic (exact) mass is 189 g/mol. The first-order valence-corrected chi connectivity index (χ1v) is 1.97. The first kappa shape index (κ1) is 11.3. The second kappa shape index (κ2) is 5.58. The Kier molecular flexibility index (Phi) is 7.86. The molecule has 1 radical (unpaired) electrons. The summed E-state index contributed by atoms with van der Waals surface area (Å²) in [6, 6.07) is 0. The standard InChI is InChI=1S/C5H8O2.Y/c1-4(2)7-5(3)6;/h3H2,1-2H3;/q-2;. The molecule has 0 N–H and O–H groups in total. The molecule has 0 amide bonds. The van der Waals surface area contributed by atoms with Crippen molar-refractivity contribution in [2.45, 2.75) is 13.8 Å². The topological polar surface area (TPSA) is 26.3 Å². The minimum atomic E-state index is -0.500. The van der Waals surface area contributed by atoms with E-state index >= 15 is 0 Å². The van der Waals surface area contributed by atoms with Gasteiger partial charge in [0.05, 0.1) is 0 Å². The minimum Gasteiger partial charge on any atom is -0.656 e. The summed E-state index contributed by atoms with van der Waals surface area (Å²) in [4.78, 5) is 9.90. The molecule has 0 aromatic carbocycles. The van der Waals surface area contributed by atoms with Crippen molar-refractivity contribution in [3.63, 3.8) is 0 Å². The van der Waals surface area contributed by atoms with E-state index in [1.807, 2.05) is 0 Å². The fraction of sp³-hybridized carbons (Fsp3) is 0.400. The van der Waals surface area contributed by atoms with Crippen molar-refractivity contribution >= 4 is 5.97 Å². The van der Waals surface area contributed by atoms with E-state index in [-0.39, 0.29) is 32.7 Å². The van der Waals surface area contributed by atoms with Crippen molar-refractivity contribution < 1.29 is 42.2 Å². The van der Waals surface area contributed by atoms with E-state index < -0.39 is 5.97 Å². The molecule has 0 rings (SSSR count). The molecule has 0 aromatic heterocycles. The Balaban J connectivity index is 0. The van der Waals surface area contributed by atoms with Crippen LogP contribution in [0.4, 0.5) is 0 Å². The van der Waals surface area contributed by atoms with Gasteiger partial charge in [0.2, 0.25) is 0 Å². The van der Waals surface area contributed by atoms with Crippen LogP contribution in [0.5, 0.6) is 0 Å². The number of carbonyl (C=O) groups is 1. The fourth-order valence-corrected chi connectivity index (χ4v) is 0.228. The van der Waals surface area contributed by atoms with Crippen molar-refractivity contribution in [2.24, 2.45) is 0 Å². The zero-order chi connectivity index (χ0) is 5.86. The maximum absolute atomic E-state index is 9.90. The average Bonchev–Trinajstić information content (AvgIpc) is 1.27. The van der Waals surface area contributed by atoms with Crippen LogP contribution in [-0.4, -0.2) is 5.97 Å². The van der Waals surface area contributed by atoms with Gasteiger partial charge in [-0.1, -0.05) is 0 Å². The molecule has 3 heteroatoms. The summed E-state index contributed by atoms with van der Waals surface area (Å²) >= 11 is 0. The van der Waals surface area contributed by atoms with E-state index in [9.17, 15) is 4.79 Å². The Bertz CT molecular complexity index is 70.8. The average molecular weight is 189 g/mol. The molecule has 0 bridgehead atoms. The van der Waals surface area contributed by atoms with E-state index in [4.69, 9.17) is 0 Å². The SMILES string of the molecule is [CH2-]C(=O)O[C-](C)C.[Y]. The van der Waals surface area contributed by atoms with Gasteiger partial charge in [0, 0.05) is 32.7 Å². The maximum Gasteiger partial charge on any atom is 0.132 e. The second-order valence-corrected chi connectivity index (χ2v) is 1.38. The summed E-state index contributed by atoms with van der Waals surface area (Å²) in [5, 5.41) is 0. The molecule has 2 nitrogen and oxygen atoms in total. The summed E-state index contributed by atoms with van der Waals surface area (Å²) in [7, 11) is 0. The van der Waals surface area contributed by atoms with Gasteiger partial charge in [-0.25, -0.2) is 0 Å². The molecule has 0 atom stereocenters. The van der Waals surface area contributed by atoms with E-state index in [1.165, 1.54) is 0 Å². The predicted octanol–water partition coefficient (Wildman–Crippen LogP) is 0.933. The summed E-state index contributed by atoms with van der Waals surface area (Å²) in [6.45, 7) is 6.39. The van der Waals surface area contributed by atoms with Crippen LogP contribution in [-0.2, 0) is 42.2 Å². The zero-order valence-corrected chi connectivity index (χ0v) is 7.94. The quantitative estimate of drug-likeness (QED) is 0.453. The molecule has 0 saturated carbocycles. The smallest absolute Gasteiger partial charge is 0.132 e. The third kappa shape index (κ3) is 9.67. The number of carbonyl (C=O) groups excluding carboxylic acids is 1. The molecule has 0 aliphatic heterocycles. The first-order chi connectivity index (χ1) is 3.13. The van der Waals surface area contributed by atoms with E-state index in [0.29, 0.717) is 6.10 Å². The van der Waals surface area contributed by atoms with E-state index in [0.717, 1.165) is 0 Å². The van der Waals surface area contributed by atoms with E-state index in [1.54, 1.807) is 13.8 Å². The van der Waals surface area contributed by atoms with Gasteiger partial charge in [-0.3, -0.25) is 4.79 Å². The predicted molar refractivity (Wildman–Crippen MR) is 26.0 cm³/mol. The van der Waals surface area contributed by atoms with Gasteiger partial charge >= 0.3 is 0 Å². The van der Waals surface area contributed by atoms with Crippen molar-refractivity contribution in [1.82, 2.24) is 0 Å². The fourth-order valence-electron chi connectivity index (χ4n) is 0.228. The Labute approximate surface area is 74.9 Å². The van der Waals surface area contributed by atoms with Gasteiger partial charge in [0.15, 0.2) is 0 Å². The number of esters is 1. The van der Waals surface area contributed by atoms with Crippen LogP contribution in [0.1, 0.15) is 13.8 Å². The second-order valence-electron chi connectivity index (χ2n) is 1.38. The van der Waals surface area contributed by atoms with Gasteiger partial charge < -0.3 is 11.7 Å². The molecule has 0 aliphatic carbocycles. The van der Waals surface area contributed by atoms with Gasteiger partial charge in [-0.05, 0) is 0 Å². The number of rotatable bonds is 1. The van der Waals surface area contributed by atoms with Crippen LogP contribution >= 0.6 is 0 Å². The molecule has 0 fully saturated rings. The van der Waals surface area contributed by atoms with Crippen LogP contribution in [0.25, 0.3) is 0 Å². The Morgan fingerprint density at radius 1 is 1.62 bits per heavy atom. The van der Waals surface area contributed by atoms with Crippen LogP contribution in [0.15, 0.2) is 0 Å². The largest absolute Gasteiger partial charge is 0.656 e. The third-order valence-corrected chi connectivity index (χ3v) is 0.318. The van der Waals surface area contributed by atoms with Crippen LogP contribution in [0, 0.1) is 13.0 Å². The minimum absolute atomic E-state index is 0. The number of ether oxygens (including phenoxy) is 1. The van der Waals surface area contributed by atoms with Gasteiger partial charge in [-0.2, -0.15) is 20.0 Å². The molecule has 0 aromatic rings. The molecule has 45 valence electrons. The third-order valence-electron chi connectivity index (χ3n) is 0.318. The molecule has 8 heavy (non-hydrogen) atoms. The van der Waals surface area contributed by atoms with Gasteiger partial charge in [0.1, 0.15) is 5.97 Å². The normalized spacial score (nSPS) is 7.88. The number of hydrogen-bond donors (Lipinski definition) is 0. The van der Waals surface area contributed by atoms with Crippen molar-refractivity contribution in [3.8, 4) is 0 Å². The molecule has 0 heterocycles. The number of hydrogen-bond acceptors (Lipinski definition) is 2. The van der Waals surface area contributed by atoms with Gasteiger partial charge in [0.25, 0.3) is 0 Å².